The molecule has 2 rings (SSSR count). The molecule has 1 aliphatic rings. The van der Waals surface area contributed by atoms with E-state index in [1.54, 1.807) is 7.11 Å². The summed E-state index contributed by atoms with van der Waals surface area (Å²) in [6, 6.07) is 5.67. The predicted molar refractivity (Wildman–Crippen MR) is 92.2 cm³/mol. The van der Waals surface area contributed by atoms with Gasteiger partial charge >= 0.3 is 5.97 Å². The predicted octanol–water partition coefficient (Wildman–Crippen LogP) is 2.22. The number of nitrogens with one attached hydrogen (secondary N) is 1. The summed E-state index contributed by atoms with van der Waals surface area (Å²) in [7, 11) is 1.58. The lowest BCUT2D eigenvalue weighted by molar-refractivity contribution is -0.149. The van der Waals surface area contributed by atoms with Gasteiger partial charge in [-0.1, -0.05) is 6.07 Å². The van der Waals surface area contributed by atoms with Crippen molar-refractivity contribution in [1.29, 1.82) is 0 Å². The molecule has 0 aliphatic carbocycles. The Morgan fingerprint density at radius 2 is 2.00 bits per heavy atom. The number of methoxy groups -OCH3 is 1. The fourth-order valence-electron chi connectivity index (χ4n) is 2.90. The Hall–Kier alpha value is -2.08. The van der Waals surface area contributed by atoms with E-state index in [0.29, 0.717) is 24.6 Å². The summed E-state index contributed by atoms with van der Waals surface area (Å²) in [6.07, 6.45) is 1.47. The van der Waals surface area contributed by atoms with Gasteiger partial charge in [0.1, 0.15) is 5.75 Å². The van der Waals surface area contributed by atoms with E-state index < -0.39 is 0 Å². The standard InChI is InChI=1S/C18H26N2O4/c1-4-24-18(22)14-7-9-20(10-8-14)12-17(21)19-15-11-13(2)5-6-16(15)23-3/h5-6,11,14H,4,7-10,12H2,1-3H3,(H,19,21). The van der Waals surface area contributed by atoms with Crippen LogP contribution in [0.1, 0.15) is 25.3 Å². The van der Waals surface area contributed by atoms with Crippen molar-refractivity contribution in [3.05, 3.63) is 23.8 Å². The van der Waals surface area contributed by atoms with Crippen LogP contribution in [0.5, 0.6) is 5.75 Å². The van der Waals surface area contributed by atoms with E-state index in [1.165, 1.54) is 0 Å². The van der Waals surface area contributed by atoms with Gasteiger partial charge < -0.3 is 14.8 Å². The summed E-state index contributed by atoms with van der Waals surface area (Å²) < 4.78 is 10.3. The van der Waals surface area contributed by atoms with E-state index >= 15 is 0 Å². The topological polar surface area (TPSA) is 67.9 Å². The Balaban J connectivity index is 1.84. The number of likely N-dealkylation sites (tertiary alicyclic amines) is 1. The van der Waals surface area contributed by atoms with Crippen LogP contribution >= 0.6 is 0 Å². The number of aryl methyl sites for hydroxylation is 1. The summed E-state index contributed by atoms with van der Waals surface area (Å²) in [4.78, 5) is 26.1. The van der Waals surface area contributed by atoms with Crippen molar-refractivity contribution in [1.82, 2.24) is 4.90 Å². The SMILES string of the molecule is CCOC(=O)C1CCN(CC(=O)Nc2cc(C)ccc2OC)CC1. The van der Waals surface area contributed by atoms with Crippen molar-refractivity contribution in [3.63, 3.8) is 0 Å². The van der Waals surface area contributed by atoms with E-state index in [4.69, 9.17) is 9.47 Å². The van der Waals surface area contributed by atoms with Gasteiger partial charge in [-0.2, -0.15) is 0 Å². The highest BCUT2D eigenvalue weighted by atomic mass is 16.5. The summed E-state index contributed by atoms with van der Waals surface area (Å²) in [5.41, 5.74) is 1.74. The molecular weight excluding hydrogens is 308 g/mol. The highest BCUT2D eigenvalue weighted by Gasteiger charge is 2.26. The highest BCUT2D eigenvalue weighted by Crippen LogP contribution is 2.25. The van der Waals surface area contributed by atoms with Gasteiger partial charge in [-0.3, -0.25) is 14.5 Å². The van der Waals surface area contributed by atoms with Crippen molar-refractivity contribution in [2.24, 2.45) is 5.92 Å². The third-order valence-corrected chi connectivity index (χ3v) is 4.20. The minimum absolute atomic E-state index is 0.0406. The van der Waals surface area contributed by atoms with Crippen molar-refractivity contribution >= 4 is 17.6 Å². The van der Waals surface area contributed by atoms with Crippen molar-refractivity contribution in [3.8, 4) is 5.75 Å². The average Bonchev–Trinajstić information content (AvgIpc) is 2.56. The minimum Gasteiger partial charge on any atom is -0.495 e. The molecule has 6 heteroatoms. The molecule has 1 heterocycles. The quantitative estimate of drug-likeness (QED) is 0.808. The molecule has 1 saturated heterocycles. The first kappa shape index (κ1) is 18.3. The molecule has 0 aromatic heterocycles. The second-order valence-electron chi connectivity index (χ2n) is 6.05. The van der Waals surface area contributed by atoms with Crippen LogP contribution in [0.25, 0.3) is 0 Å². The van der Waals surface area contributed by atoms with Gasteiger partial charge in [0.25, 0.3) is 0 Å². The lowest BCUT2D eigenvalue weighted by Crippen LogP contribution is -2.41. The second-order valence-corrected chi connectivity index (χ2v) is 6.05. The number of carbonyl (C=O) groups is 2. The number of carbonyl (C=O) groups excluding carboxylic acids is 2. The number of anilines is 1. The lowest BCUT2D eigenvalue weighted by Gasteiger charge is -2.30. The largest absolute Gasteiger partial charge is 0.495 e. The first-order valence-electron chi connectivity index (χ1n) is 8.37. The summed E-state index contributed by atoms with van der Waals surface area (Å²) in [5.74, 6) is 0.413. The summed E-state index contributed by atoms with van der Waals surface area (Å²) in [6.45, 7) is 5.96. The number of nitrogens with zero attached hydrogens (tertiary/aromatic N) is 1. The Labute approximate surface area is 143 Å². The zero-order chi connectivity index (χ0) is 17.5. The zero-order valence-electron chi connectivity index (χ0n) is 14.6. The van der Waals surface area contributed by atoms with Crippen LogP contribution < -0.4 is 10.1 Å². The first-order chi connectivity index (χ1) is 11.5. The molecule has 1 N–H and O–H groups in total. The monoisotopic (exact) mass is 334 g/mol. The lowest BCUT2D eigenvalue weighted by atomic mass is 9.97. The van der Waals surface area contributed by atoms with Crippen LogP contribution in [0.3, 0.4) is 0 Å². The van der Waals surface area contributed by atoms with E-state index in [0.717, 1.165) is 31.5 Å². The third-order valence-electron chi connectivity index (χ3n) is 4.20. The van der Waals surface area contributed by atoms with Crippen molar-refractivity contribution in [2.45, 2.75) is 26.7 Å². The maximum Gasteiger partial charge on any atom is 0.309 e. The molecule has 0 unspecified atom stereocenters. The fraction of sp³-hybridized carbons (Fsp3) is 0.556. The van der Waals surface area contributed by atoms with Crippen LogP contribution in [0.4, 0.5) is 5.69 Å². The molecule has 1 fully saturated rings. The number of amides is 1. The molecule has 1 aromatic carbocycles. The van der Waals surface area contributed by atoms with Crippen molar-refractivity contribution < 1.29 is 19.1 Å². The van der Waals surface area contributed by atoms with Gasteiger partial charge in [0, 0.05) is 0 Å². The average molecular weight is 334 g/mol. The second kappa shape index (κ2) is 8.68. The van der Waals surface area contributed by atoms with Crippen LogP contribution in [-0.4, -0.2) is 50.1 Å². The number of rotatable bonds is 6. The molecule has 0 spiro atoms. The highest BCUT2D eigenvalue weighted by molar-refractivity contribution is 5.93. The van der Waals surface area contributed by atoms with E-state index in [1.807, 2.05) is 32.0 Å². The van der Waals surface area contributed by atoms with Gasteiger partial charge in [-0.15, -0.1) is 0 Å². The van der Waals surface area contributed by atoms with Crippen LogP contribution in [-0.2, 0) is 14.3 Å². The fourth-order valence-corrected chi connectivity index (χ4v) is 2.90. The first-order valence-corrected chi connectivity index (χ1v) is 8.37. The number of ether oxygens (including phenoxy) is 2. The number of piperidine rings is 1. The van der Waals surface area contributed by atoms with Crippen molar-refractivity contribution in [2.75, 3.05) is 38.7 Å². The Bertz CT molecular complexity index is 580. The Kier molecular flexibility index (Phi) is 6.61. The molecule has 0 saturated carbocycles. The summed E-state index contributed by atoms with van der Waals surface area (Å²) >= 11 is 0. The van der Waals surface area contributed by atoms with E-state index in [9.17, 15) is 9.59 Å². The summed E-state index contributed by atoms with van der Waals surface area (Å²) in [5, 5.41) is 2.91. The van der Waals surface area contributed by atoms with E-state index in [2.05, 4.69) is 10.2 Å². The maximum absolute atomic E-state index is 12.3. The van der Waals surface area contributed by atoms with Crippen LogP contribution in [0, 0.1) is 12.8 Å². The normalized spacial score (nSPS) is 15.8. The molecule has 0 bridgehead atoms. The minimum atomic E-state index is -0.119. The van der Waals surface area contributed by atoms with Crippen LogP contribution in [0.15, 0.2) is 18.2 Å². The maximum atomic E-state index is 12.3. The molecule has 132 valence electrons. The van der Waals surface area contributed by atoms with Crippen LogP contribution in [0.2, 0.25) is 0 Å². The number of hydrogen-bond donors (Lipinski definition) is 1. The smallest absolute Gasteiger partial charge is 0.309 e. The Morgan fingerprint density at radius 3 is 2.62 bits per heavy atom. The number of hydrogen-bond acceptors (Lipinski definition) is 5. The van der Waals surface area contributed by atoms with Gasteiger partial charge in [0.2, 0.25) is 5.91 Å². The molecule has 1 aliphatic heterocycles. The van der Waals surface area contributed by atoms with Gasteiger partial charge in [0.05, 0.1) is 31.9 Å². The molecule has 24 heavy (non-hydrogen) atoms. The molecule has 1 amide bonds. The third kappa shape index (κ3) is 4.96. The van der Waals surface area contributed by atoms with E-state index in [-0.39, 0.29) is 17.8 Å². The van der Waals surface area contributed by atoms with Gasteiger partial charge in [0.15, 0.2) is 0 Å². The molecule has 0 radical (unpaired) electrons. The number of esters is 1. The molecule has 6 nitrogen and oxygen atoms in total. The number of benzene rings is 1. The molecule has 0 atom stereocenters. The molecule has 1 aromatic rings. The van der Waals surface area contributed by atoms with Gasteiger partial charge in [-0.05, 0) is 57.5 Å². The van der Waals surface area contributed by atoms with Gasteiger partial charge in [-0.25, -0.2) is 0 Å². The zero-order valence-corrected chi connectivity index (χ0v) is 14.6. The molecular formula is C18H26N2O4. The Morgan fingerprint density at radius 1 is 1.29 bits per heavy atom.